The van der Waals surface area contributed by atoms with Crippen molar-refractivity contribution in [3.05, 3.63) is 0 Å². The van der Waals surface area contributed by atoms with Gasteiger partial charge in [0, 0.05) is 13.1 Å². The smallest absolute Gasteiger partial charge is 0.189 e. The Morgan fingerprint density at radius 1 is 1.44 bits per heavy atom. The summed E-state index contributed by atoms with van der Waals surface area (Å²) in [4.78, 5) is 1.75. The zero-order valence-corrected chi connectivity index (χ0v) is 4.73. The maximum Gasteiger partial charge on any atom is 0.189 e. The van der Waals surface area contributed by atoms with Gasteiger partial charge in [-0.3, -0.25) is 0 Å². The van der Waals surface area contributed by atoms with Crippen LogP contribution < -0.4 is 0 Å². The van der Waals surface area contributed by atoms with Crippen molar-refractivity contribution >= 4 is 12.1 Å². The fourth-order valence-electron chi connectivity index (χ4n) is 0.501. The molecule has 0 spiro atoms. The summed E-state index contributed by atoms with van der Waals surface area (Å²) in [6, 6.07) is 0. The van der Waals surface area contributed by atoms with E-state index in [1.54, 1.807) is 4.90 Å². The Balaban J connectivity index is 2.48. The second-order valence-electron chi connectivity index (χ2n) is 1.69. The van der Waals surface area contributed by atoms with Gasteiger partial charge in [0.25, 0.3) is 0 Å². The highest BCUT2D eigenvalue weighted by molar-refractivity contribution is 6.29. The van der Waals surface area contributed by atoms with Crippen LogP contribution in [0, 0.1) is 0 Å². The minimum Gasteiger partial charge on any atom is -0.411 e. The molecule has 0 unspecified atom stereocenters. The summed E-state index contributed by atoms with van der Waals surface area (Å²) < 4.78 is 0. The van der Waals surface area contributed by atoms with Crippen molar-refractivity contribution < 1.29 is 10.4 Å². The molecule has 5 heteroatoms. The molecule has 0 radical (unpaired) electrons. The molecule has 0 aliphatic carbocycles. The summed E-state index contributed by atoms with van der Waals surface area (Å²) in [7, 11) is 0. The Bertz CT molecular complexity index is 150. The van der Waals surface area contributed by atoms with Crippen LogP contribution in [0.4, 0.5) is 0 Å². The molecule has 9 heavy (non-hydrogen) atoms. The van der Waals surface area contributed by atoms with Crippen molar-refractivity contribution in [3.63, 3.8) is 0 Å². The first kappa shape index (κ1) is 5.87. The van der Waals surface area contributed by atoms with Crippen LogP contribution in [0.3, 0.4) is 0 Å². The third-order valence-corrected chi connectivity index (χ3v) is 1.05. The van der Waals surface area contributed by atoms with Crippen LogP contribution in [0.15, 0.2) is 10.3 Å². The van der Waals surface area contributed by atoms with E-state index in [4.69, 9.17) is 10.4 Å². The molecule has 1 saturated heterocycles. The maximum atomic E-state index is 8.21. The molecule has 2 N–H and O–H groups in total. The van der Waals surface area contributed by atoms with Gasteiger partial charge in [0.1, 0.15) is 6.21 Å². The molecule has 1 heterocycles. The van der Waals surface area contributed by atoms with Gasteiger partial charge in [-0.25, -0.2) is 0 Å². The summed E-state index contributed by atoms with van der Waals surface area (Å²) in [5.41, 5.74) is 0. The molecule has 0 amide bonds. The van der Waals surface area contributed by atoms with Crippen molar-refractivity contribution in [2.24, 2.45) is 10.3 Å². The van der Waals surface area contributed by atoms with Gasteiger partial charge in [-0.1, -0.05) is 10.3 Å². The average molecular weight is 129 g/mol. The normalized spacial score (nSPS) is 19.1. The minimum atomic E-state index is 0.303. The Labute approximate surface area is 51.9 Å². The quantitative estimate of drug-likeness (QED) is 0.166. The zero-order valence-electron chi connectivity index (χ0n) is 4.73. The van der Waals surface area contributed by atoms with Gasteiger partial charge in [-0.05, 0) is 0 Å². The lowest BCUT2D eigenvalue weighted by Crippen LogP contribution is -2.11. The lowest BCUT2D eigenvalue weighted by Gasteiger charge is -1.93. The molecule has 1 fully saturated rings. The molecular weight excluding hydrogens is 122 g/mol. The summed E-state index contributed by atoms with van der Waals surface area (Å²) in [6.07, 6.45) is 1.09. The largest absolute Gasteiger partial charge is 0.411 e. The first-order valence-electron chi connectivity index (χ1n) is 2.53. The fraction of sp³-hybridized carbons (Fsp3) is 0.500. The van der Waals surface area contributed by atoms with Crippen LogP contribution in [0.25, 0.3) is 0 Å². The first-order valence-corrected chi connectivity index (χ1v) is 2.53. The number of amidine groups is 1. The summed E-state index contributed by atoms with van der Waals surface area (Å²) in [6.45, 7) is 1.73. The van der Waals surface area contributed by atoms with Crippen molar-refractivity contribution in [2.75, 3.05) is 13.1 Å². The van der Waals surface area contributed by atoms with Crippen LogP contribution in [0.2, 0.25) is 0 Å². The van der Waals surface area contributed by atoms with Crippen LogP contribution in [-0.2, 0) is 0 Å². The Hall–Kier alpha value is -1.26. The Morgan fingerprint density at radius 2 is 2.11 bits per heavy atom. The van der Waals surface area contributed by atoms with Crippen LogP contribution in [0.1, 0.15) is 0 Å². The van der Waals surface area contributed by atoms with E-state index in [-0.39, 0.29) is 0 Å². The van der Waals surface area contributed by atoms with Crippen LogP contribution >= 0.6 is 0 Å². The third-order valence-electron chi connectivity index (χ3n) is 1.05. The number of oxime groups is 2. The average Bonchev–Trinajstić information content (AvgIpc) is 2.64. The van der Waals surface area contributed by atoms with E-state index in [0.29, 0.717) is 5.84 Å². The Morgan fingerprint density at radius 3 is 2.44 bits per heavy atom. The van der Waals surface area contributed by atoms with Gasteiger partial charge in [0.2, 0.25) is 0 Å². The highest BCUT2D eigenvalue weighted by Gasteiger charge is 2.20. The highest BCUT2D eigenvalue weighted by atomic mass is 16.4. The predicted octanol–water partition coefficient (Wildman–Crippen LogP) is -0.450. The van der Waals surface area contributed by atoms with Gasteiger partial charge < -0.3 is 15.3 Å². The van der Waals surface area contributed by atoms with Crippen LogP contribution in [-0.4, -0.2) is 40.5 Å². The molecular formula is C4H7N3O2. The summed E-state index contributed by atoms with van der Waals surface area (Å²) in [5, 5.41) is 21.8. The topological polar surface area (TPSA) is 68.2 Å². The number of nitrogens with zero attached hydrogens (tertiary/aromatic N) is 3. The van der Waals surface area contributed by atoms with Gasteiger partial charge in [0.05, 0.1) is 0 Å². The SMILES string of the molecule is O/N=C(/C=N/O)N1CC1. The predicted molar refractivity (Wildman–Crippen MR) is 31.1 cm³/mol. The van der Waals surface area contributed by atoms with Crippen molar-refractivity contribution in [2.45, 2.75) is 0 Å². The second kappa shape index (κ2) is 2.34. The first-order chi connectivity index (χ1) is 4.38. The third kappa shape index (κ3) is 1.31. The van der Waals surface area contributed by atoms with Crippen molar-refractivity contribution in [1.29, 1.82) is 0 Å². The second-order valence-corrected chi connectivity index (χ2v) is 1.69. The molecule has 0 aromatic carbocycles. The summed E-state index contributed by atoms with van der Waals surface area (Å²) in [5.74, 6) is 0.303. The molecule has 0 saturated carbocycles. The van der Waals surface area contributed by atoms with Gasteiger partial charge >= 0.3 is 0 Å². The molecule has 0 aromatic heterocycles. The summed E-state index contributed by atoms with van der Waals surface area (Å²) >= 11 is 0. The Kier molecular flexibility index (Phi) is 1.53. The van der Waals surface area contributed by atoms with Crippen molar-refractivity contribution in [1.82, 2.24) is 4.90 Å². The van der Waals surface area contributed by atoms with Gasteiger partial charge in [-0.2, -0.15) is 0 Å². The number of rotatable bonds is 1. The molecule has 1 aliphatic rings. The van der Waals surface area contributed by atoms with E-state index in [9.17, 15) is 0 Å². The van der Waals surface area contributed by atoms with Gasteiger partial charge in [-0.15, -0.1) is 0 Å². The molecule has 0 atom stereocenters. The van der Waals surface area contributed by atoms with E-state index in [1.807, 2.05) is 0 Å². The molecule has 1 rings (SSSR count). The molecule has 50 valence electrons. The fourth-order valence-corrected chi connectivity index (χ4v) is 0.501. The number of hydrogen-bond acceptors (Lipinski definition) is 4. The van der Waals surface area contributed by atoms with E-state index >= 15 is 0 Å². The number of hydrogen-bond donors (Lipinski definition) is 2. The molecule has 1 aliphatic heterocycles. The molecule has 5 nitrogen and oxygen atoms in total. The standard InChI is InChI=1S/C4H7N3O2/c8-5-3-4(6-9)7-1-2-7/h3,8-9H,1-2H2/b5-3+,6-4-. The zero-order chi connectivity index (χ0) is 6.69. The lowest BCUT2D eigenvalue weighted by molar-refractivity contribution is 0.311. The van der Waals surface area contributed by atoms with E-state index in [2.05, 4.69) is 10.3 Å². The van der Waals surface area contributed by atoms with Crippen LogP contribution in [0.5, 0.6) is 0 Å². The molecule has 0 aromatic rings. The van der Waals surface area contributed by atoms with Crippen molar-refractivity contribution in [3.8, 4) is 0 Å². The lowest BCUT2D eigenvalue weighted by atomic mass is 10.6. The van der Waals surface area contributed by atoms with E-state index < -0.39 is 0 Å². The monoisotopic (exact) mass is 129 g/mol. The van der Waals surface area contributed by atoms with E-state index in [0.717, 1.165) is 19.3 Å². The maximum absolute atomic E-state index is 8.21. The van der Waals surface area contributed by atoms with Gasteiger partial charge in [0.15, 0.2) is 5.84 Å². The van der Waals surface area contributed by atoms with E-state index in [1.165, 1.54) is 0 Å². The highest BCUT2D eigenvalue weighted by Crippen LogP contribution is 2.02. The molecule has 0 bridgehead atoms. The minimum absolute atomic E-state index is 0.303.